The van der Waals surface area contributed by atoms with Gasteiger partial charge in [-0.1, -0.05) is 182 Å². The van der Waals surface area contributed by atoms with Gasteiger partial charge in [0.25, 0.3) is 0 Å². The van der Waals surface area contributed by atoms with Crippen LogP contribution in [0.1, 0.15) is 5.56 Å². The molecule has 0 saturated carbocycles. The number of aromatic nitrogens is 3. The van der Waals surface area contributed by atoms with Crippen molar-refractivity contribution in [1.29, 1.82) is 0 Å². The molecule has 0 spiro atoms. The Bertz CT molecular complexity index is 2840. The van der Waals surface area contributed by atoms with Gasteiger partial charge in [-0.25, -0.2) is 15.0 Å². The van der Waals surface area contributed by atoms with E-state index in [0.717, 1.165) is 38.9 Å². The van der Waals surface area contributed by atoms with Gasteiger partial charge in [-0.05, 0) is 86.0 Å². The number of aryl methyl sites for hydroxylation is 1. The lowest BCUT2D eigenvalue weighted by atomic mass is 9.96. The van der Waals surface area contributed by atoms with Crippen LogP contribution in [0.4, 0.5) is 0 Å². The fourth-order valence-corrected chi connectivity index (χ4v) is 7.96. The second-order valence-electron chi connectivity index (χ2n) is 13.8. The molecule has 0 fully saturated rings. The van der Waals surface area contributed by atoms with Gasteiger partial charge in [0.1, 0.15) is 0 Å². The van der Waals surface area contributed by atoms with E-state index >= 15 is 0 Å². The molecule has 0 N–H and O–H groups in total. The van der Waals surface area contributed by atoms with E-state index in [4.69, 9.17) is 15.0 Å². The summed E-state index contributed by atoms with van der Waals surface area (Å²) in [5, 5.41) is 3.49. The second-order valence-corrected chi connectivity index (χ2v) is 14.7. The molecule has 9 aromatic rings. The SMILES string of the molecule is Cc1cccc(-c2ccc(-c3nc(-c4ccccc4)nc(-c4cccc(-c5cccc(-c6ccc(-c7ccccc7)cc6)c5)c4)n3)cc2)csc2ccccc12. The largest absolute Gasteiger partial charge is 0.208 e. The van der Waals surface area contributed by atoms with Crippen molar-refractivity contribution in [3.63, 3.8) is 0 Å². The first-order valence-corrected chi connectivity index (χ1v) is 19.6. The maximum atomic E-state index is 5.09. The Hall–Kier alpha value is -7.01. The Labute approximate surface area is 331 Å². The lowest BCUT2D eigenvalue weighted by molar-refractivity contribution is 1.07. The fourth-order valence-electron chi connectivity index (χ4n) is 6.98. The molecule has 0 bridgehead atoms. The summed E-state index contributed by atoms with van der Waals surface area (Å²) >= 11 is 1.75. The third kappa shape index (κ3) is 7.52. The quantitative estimate of drug-likeness (QED) is 0.164. The number of hydrogen-bond donors (Lipinski definition) is 0. The molecule has 0 aliphatic heterocycles. The van der Waals surface area contributed by atoms with E-state index in [0.29, 0.717) is 17.5 Å². The molecular weight excluding hydrogens is 699 g/mol. The molecule has 266 valence electrons. The van der Waals surface area contributed by atoms with Crippen molar-refractivity contribution < 1.29 is 0 Å². The lowest BCUT2D eigenvalue weighted by Crippen LogP contribution is -2.00. The van der Waals surface area contributed by atoms with Crippen molar-refractivity contribution in [2.45, 2.75) is 6.92 Å². The van der Waals surface area contributed by atoms with Crippen LogP contribution < -0.4 is 0 Å². The first-order chi connectivity index (χ1) is 27.6. The van der Waals surface area contributed by atoms with E-state index in [1.54, 1.807) is 11.3 Å². The van der Waals surface area contributed by atoms with Gasteiger partial charge >= 0.3 is 0 Å². The van der Waals surface area contributed by atoms with Gasteiger partial charge in [0.2, 0.25) is 0 Å². The molecule has 0 amide bonds. The molecule has 0 atom stereocenters. The molecule has 0 aliphatic carbocycles. The fraction of sp³-hybridized carbons (Fsp3) is 0.0192. The van der Waals surface area contributed by atoms with Gasteiger partial charge in [0, 0.05) is 21.4 Å². The summed E-state index contributed by atoms with van der Waals surface area (Å²) in [4.78, 5) is 15.1. The van der Waals surface area contributed by atoms with Gasteiger partial charge in [0.05, 0.1) is 0 Å². The van der Waals surface area contributed by atoms with Crippen molar-refractivity contribution in [2.24, 2.45) is 0 Å². The highest BCUT2D eigenvalue weighted by Crippen LogP contribution is 2.32. The van der Waals surface area contributed by atoms with E-state index in [1.165, 1.54) is 37.9 Å². The summed E-state index contributed by atoms with van der Waals surface area (Å²) in [5.41, 5.74) is 13.3. The number of rotatable bonds is 7. The standard InChI is InChI=1S/C52H37N3S/c1-36-13-10-22-47(35-56-49-24-9-8-23-48(36)49)40-29-31-42(32-30-40)51-53-50(41-16-6-3-7-17-41)54-52(55-51)46-21-12-20-45(34-46)44-19-11-18-43(33-44)39-27-25-38(26-28-39)37-14-4-2-5-15-37/h2-35H,1H3. The maximum absolute atomic E-state index is 5.09. The maximum Gasteiger partial charge on any atom is 0.164 e. The molecule has 9 rings (SSSR count). The number of fused-ring (bicyclic) bond motifs is 1. The molecule has 0 saturated heterocycles. The van der Waals surface area contributed by atoms with E-state index in [9.17, 15) is 0 Å². The minimum atomic E-state index is 0.631. The van der Waals surface area contributed by atoms with E-state index in [-0.39, 0.29) is 0 Å². The second kappa shape index (κ2) is 15.8. The van der Waals surface area contributed by atoms with E-state index in [1.807, 2.05) is 36.4 Å². The molecule has 56 heavy (non-hydrogen) atoms. The van der Waals surface area contributed by atoms with Crippen LogP contribution >= 0.6 is 11.3 Å². The minimum Gasteiger partial charge on any atom is -0.208 e. The van der Waals surface area contributed by atoms with Gasteiger partial charge in [-0.2, -0.15) is 0 Å². The van der Waals surface area contributed by atoms with Crippen molar-refractivity contribution in [3.05, 3.63) is 211 Å². The summed E-state index contributed by atoms with van der Waals surface area (Å²) in [5.74, 6) is 1.90. The minimum absolute atomic E-state index is 0.631. The molecule has 2 aromatic heterocycles. The molecule has 0 unspecified atom stereocenters. The first kappa shape index (κ1) is 34.7. The zero-order chi connectivity index (χ0) is 37.7. The zero-order valence-corrected chi connectivity index (χ0v) is 31.7. The third-order valence-corrected chi connectivity index (χ3v) is 11.0. The predicted molar refractivity (Wildman–Crippen MR) is 236 cm³/mol. The molecule has 2 heterocycles. The van der Waals surface area contributed by atoms with E-state index < -0.39 is 0 Å². The Kier molecular flexibility index (Phi) is 9.78. The molecule has 3 nitrogen and oxygen atoms in total. The molecule has 7 aromatic carbocycles. The molecule has 4 heteroatoms. The highest BCUT2D eigenvalue weighted by molar-refractivity contribution is 7.16. The average molecular weight is 736 g/mol. The van der Waals surface area contributed by atoms with Crippen LogP contribution in [0.15, 0.2) is 206 Å². The Morgan fingerprint density at radius 3 is 1.32 bits per heavy atom. The Balaban J connectivity index is 1.06. The summed E-state index contributed by atoms with van der Waals surface area (Å²) < 4.78 is 1.25. The molecule has 0 radical (unpaired) electrons. The smallest absolute Gasteiger partial charge is 0.164 e. The predicted octanol–water partition coefficient (Wildman–Crippen LogP) is 14.2. The summed E-state index contributed by atoms with van der Waals surface area (Å²) in [7, 11) is 0. The average Bonchev–Trinajstić information content (AvgIpc) is 3.36. The van der Waals surface area contributed by atoms with Crippen LogP contribution in [-0.2, 0) is 0 Å². The Morgan fingerprint density at radius 1 is 0.304 bits per heavy atom. The monoisotopic (exact) mass is 735 g/mol. The van der Waals surface area contributed by atoms with Crippen molar-refractivity contribution in [1.82, 2.24) is 15.0 Å². The van der Waals surface area contributed by atoms with Crippen LogP contribution in [-0.4, -0.2) is 15.0 Å². The first-order valence-electron chi connectivity index (χ1n) is 18.7. The van der Waals surface area contributed by atoms with Crippen LogP contribution in [0, 0.1) is 6.92 Å². The number of hydrogen-bond acceptors (Lipinski definition) is 4. The normalized spacial score (nSPS) is 10.9. The highest BCUT2D eigenvalue weighted by Gasteiger charge is 2.14. The van der Waals surface area contributed by atoms with Crippen LogP contribution in [0.5, 0.6) is 0 Å². The number of benzene rings is 7. The van der Waals surface area contributed by atoms with Gasteiger partial charge in [0.15, 0.2) is 17.5 Å². The summed E-state index contributed by atoms with van der Waals surface area (Å²) in [6.45, 7) is 2.16. The summed E-state index contributed by atoms with van der Waals surface area (Å²) in [6.07, 6.45) is 0. The van der Waals surface area contributed by atoms with Crippen molar-refractivity contribution in [2.75, 3.05) is 0 Å². The highest BCUT2D eigenvalue weighted by atomic mass is 32.1. The van der Waals surface area contributed by atoms with Crippen LogP contribution in [0.25, 0.3) is 88.8 Å². The third-order valence-electron chi connectivity index (χ3n) is 10.0. The van der Waals surface area contributed by atoms with Crippen LogP contribution in [0.2, 0.25) is 0 Å². The van der Waals surface area contributed by atoms with E-state index in [2.05, 4.69) is 176 Å². The topological polar surface area (TPSA) is 38.7 Å². The van der Waals surface area contributed by atoms with Crippen molar-refractivity contribution in [3.8, 4) is 78.7 Å². The lowest BCUT2D eigenvalue weighted by Gasteiger charge is -2.11. The Morgan fingerprint density at radius 2 is 0.679 bits per heavy atom. The molecular formula is C52H37N3S. The van der Waals surface area contributed by atoms with Gasteiger partial charge in [-0.3, -0.25) is 0 Å². The van der Waals surface area contributed by atoms with Crippen molar-refractivity contribution >= 4 is 21.4 Å². The van der Waals surface area contributed by atoms with Gasteiger partial charge in [-0.15, -0.1) is 11.3 Å². The van der Waals surface area contributed by atoms with Crippen LogP contribution in [0.3, 0.4) is 0 Å². The zero-order valence-electron chi connectivity index (χ0n) is 30.9. The molecule has 0 aliphatic rings. The van der Waals surface area contributed by atoms with Gasteiger partial charge < -0.3 is 0 Å². The number of nitrogens with zero attached hydrogens (tertiary/aromatic N) is 3. The summed E-state index contributed by atoms with van der Waals surface area (Å²) in [6, 6.07) is 70.2.